The molecule has 2 N–H and O–H groups in total. The molecule has 0 aliphatic rings. The fourth-order valence-electron chi connectivity index (χ4n) is 2.33. The quantitative estimate of drug-likeness (QED) is 0.807. The summed E-state index contributed by atoms with van der Waals surface area (Å²) in [6, 6.07) is 9.86. The molecule has 0 spiro atoms. The molecule has 0 bridgehead atoms. The minimum atomic E-state index is -0.117. The maximum Gasteiger partial charge on any atom is 0.134 e. The average Bonchev–Trinajstić information content (AvgIpc) is 2.81. The molecule has 1 heterocycles. The van der Waals surface area contributed by atoms with E-state index < -0.39 is 0 Å². The van der Waals surface area contributed by atoms with Gasteiger partial charge < -0.3 is 10.2 Å². The number of hydrogen-bond donors (Lipinski definition) is 1. The van der Waals surface area contributed by atoms with Gasteiger partial charge in [-0.05, 0) is 24.5 Å². The number of benzene rings is 1. The van der Waals surface area contributed by atoms with Gasteiger partial charge in [-0.25, -0.2) is 0 Å². The van der Waals surface area contributed by atoms with E-state index in [1.54, 1.807) is 0 Å². The first-order valence-electron chi connectivity index (χ1n) is 6.43. The van der Waals surface area contributed by atoms with Gasteiger partial charge in [-0.2, -0.15) is 0 Å². The van der Waals surface area contributed by atoms with Crippen molar-refractivity contribution in [3.8, 4) is 12.3 Å². The molecule has 0 aliphatic heterocycles. The summed E-state index contributed by atoms with van der Waals surface area (Å²) >= 11 is 0. The molecule has 2 aromatic rings. The Hall–Kier alpha value is -1.72. The van der Waals surface area contributed by atoms with Crippen molar-refractivity contribution in [3.05, 3.63) is 36.1 Å². The molecule has 2 nitrogen and oxygen atoms in total. The minimum absolute atomic E-state index is 0.117. The third-order valence-corrected chi connectivity index (χ3v) is 3.32. The number of rotatable bonds is 5. The zero-order valence-electron chi connectivity index (χ0n) is 10.7. The average molecular weight is 241 g/mol. The summed E-state index contributed by atoms with van der Waals surface area (Å²) in [5.74, 6) is 3.85. The number of para-hydroxylation sites is 1. The molecular formula is C16H19NO. The van der Waals surface area contributed by atoms with Crippen LogP contribution in [-0.4, -0.2) is 0 Å². The van der Waals surface area contributed by atoms with Gasteiger partial charge >= 0.3 is 0 Å². The summed E-state index contributed by atoms with van der Waals surface area (Å²) < 4.78 is 5.81. The van der Waals surface area contributed by atoms with Crippen LogP contribution in [-0.2, 0) is 0 Å². The second-order valence-corrected chi connectivity index (χ2v) is 4.67. The van der Waals surface area contributed by atoms with Crippen LogP contribution in [0.4, 0.5) is 0 Å². The number of terminal acetylenes is 1. The predicted molar refractivity (Wildman–Crippen MR) is 75.0 cm³/mol. The second kappa shape index (κ2) is 5.75. The van der Waals surface area contributed by atoms with Gasteiger partial charge in [0, 0.05) is 11.8 Å². The molecule has 0 fully saturated rings. The summed E-state index contributed by atoms with van der Waals surface area (Å²) in [5, 5.41) is 1.10. The monoisotopic (exact) mass is 241 g/mol. The van der Waals surface area contributed by atoms with E-state index in [-0.39, 0.29) is 6.04 Å². The van der Waals surface area contributed by atoms with Gasteiger partial charge in [0.05, 0.1) is 6.04 Å². The van der Waals surface area contributed by atoms with Crippen molar-refractivity contribution in [2.45, 2.75) is 32.2 Å². The van der Waals surface area contributed by atoms with E-state index in [0.29, 0.717) is 12.3 Å². The first-order valence-corrected chi connectivity index (χ1v) is 6.43. The van der Waals surface area contributed by atoms with E-state index in [1.807, 2.05) is 30.3 Å². The Morgan fingerprint density at radius 1 is 1.39 bits per heavy atom. The summed E-state index contributed by atoms with van der Waals surface area (Å²) in [6.07, 6.45) is 8.23. The highest BCUT2D eigenvalue weighted by molar-refractivity contribution is 5.77. The molecular weight excluding hydrogens is 222 g/mol. The van der Waals surface area contributed by atoms with Crippen molar-refractivity contribution < 1.29 is 4.42 Å². The lowest BCUT2D eigenvalue weighted by atomic mass is 9.91. The Bertz CT molecular complexity index is 516. The Balaban J connectivity index is 2.25. The predicted octanol–water partition coefficient (Wildman–Crippen LogP) is 3.87. The first-order chi connectivity index (χ1) is 8.76. The highest BCUT2D eigenvalue weighted by atomic mass is 16.3. The lowest BCUT2D eigenvalue weighted by molar-refractivity contribution is 0.357. The minimum Gasteiger partial charge on any atom is -0.459 e. The van der Waals surface area contributed by atoms with Crippen LogP contribution >= 0.6 is 0 Å². The van der Waals surface area contributed by atoms with Gasteiger partial charge in [0.15, 0.2) is 0 Å². The Kier molecular flexibility index (Phi) is 4.07. The molecule has 1 unspecified atom stereocenters. The van der Waals surface area contributed by atoms with Crippen LogP contribution in [0.25, 0.3) is 11.0 Å². The SMILES string of the molecule is C#CCC(CCC)[C@@H](N)c1cc2ccccc2o1. The van der Waals surface area contributed by atoms with Gasteiger partial charge in [0.25, 0.3) is 0 Å². The maximum atomic E-state index is 6.29. The van der Waals surface area contributed by atoms with Crippen molar-refractivity contribution in [3.63, 3.8) is 0 Å². The number of fused-ring (bicyclic) bond motifs is 1. The molecule has 0 radical (unpaired) electrons. The van der Waals surface area contributed by atoms with Crippen molar-refractivity contribution in [1.82, 2.24) is 0 Å². The van der Waals surface area contributed by atoms with Crippen LogP contribution in [0.2, 0.25) is 0 Å². The topological polar surface area (TPSA) is 39.2 Å². The number of furan rings is 1. The zero-order chi connectivity index (χ0) is 13.0. The molecule has 1 aromatic carbocycles. The van der Waals surface area contributed by atoms with Gasteiger partial charge in [-0.1, -0.05) is 31.5 Å². The smallest absolute Gasteiger partial charge is 0.134 e. The second-order valence-electron chi connectivity index (χ2n) is 4.67. The van der Waals surface area contributed by atoms with Crippen molar-refractivity contribution >= 4 is 11.0 Å². The van der Waals surface area contributed by atoms with Crippen LogP contribution in [0.3, 0.4) is 0 Å². The molecule has 1 aromatic heterocycles. The van der Waals surface area contributed by atoms with E-state index in [1.165, 1.54) is 0 Å². The van der Waals surface area contributed by atoms with E-state index in [0.717, 1.165) is 29.6 Å². The maximum absolute atomic E-state index is 6.29. The van der Waals surface area contributed by atoms with Gasteiger partial charge in [-0.3, -0.25) is 0 Å². The largest absolute Gasteiger partial charge is 0.459 e. The van der Waals surface area contributed by atoms with E-state index >= 15 is 0 Å². The van der Waals surface area contributed by atoms with Crippen molar-refractivity contribution in [2.75, 3.05) is 0 Å². The molecule has 2 atom stereocenters. The molecule has 0 saturated carbocycles. The lowest BCUT2D eigenvalue weighted by Crippen LogP contribution is -2.20. The third kappa shape index (κ3) is 2.57. The molecule has 2 rings (SSSR count). The summed E-state index contributed by atoms with van der Waals surface area (Å²) in [5.41, 5.74) is 7.17. The van der Waals surface area contributed by atoms with Crippen LogP contribution in [0.15, 0.2) is 34.7 Å². The highest BCUT2D eigenvalue weighted by Gasteiger charge is 2.21. The molecule has 2 heteroatoms. The lowest BCUT2D eigenvalue weighted by Gasteiger charge is -2.19. The fraction of sp³-hybridized carbons (Fsp3) is 0.375. The van der Waals surface area contributed by atoms with Crippen LogP contribution < -0.4 is 5.73 Å². The third-order valence-electron chi connectivity index (χ3n) is 3.32. The molecule has 0 saturated heterocycles. The molecule has 0 aliphatic carbocycles. The van der Waals surface area contributed by atoms with Crippen LogP contribution in [0.1, 0.15) is 38.0 Å². The van der Waals surface area contributed by atoms with E-state index in [2.05, 4.69) is 12.8 Å². The van der Waals surface area contributed by atoms with Gasteiger partial charge in [0.2, 0.25) is 0 Å². The highest BCUT2D eigenvalue weighted by Crippen LogP contribution is 2.30. The van der Waals surface area contributed by atoms with Crippen molar-refractivity contribution in [2.24, 2.45) is 11.7 Å². The Labute approximate surface area is 108 Å². The van der Waals surface area contributed by atoms with E-state index in [9.17, 15) is 0 Å². The summed E-state index contributed by atoms with van der Waals surface area (Å²) in [4.78, 5) is 0. The van der Waals surface area contributed by atoms with Gasteiger partial charge in [0.1, 0.15) is 11.3 Å². The fourth-order valence-corrected chi connectivity index (χ4v) is 2.33. The van der Waals surface area contributed by atoms with Crippen LogP contribution in [0.5, 0.6) is 0 Å². The standard InChI is InChI=1S/C16H19NO/c1-3-7-12(8-4-2)16(17)15-11-13-9-5-6-10-14(13)18-15/h1,5-6,9-12,16H,4,7-8,17H2,2H3/t12?,16-/m1/s1. The Morgan fingerprint density at radius 2 is 2.17 bits per heavy atom. The number of hydrogen-bond acceptors (Lipinski definition) is 2. The summed E-state index contributed by atoms with van der Waals surface area (Å²) in [7, 11) is 0. The first kappa shape index (κ1) is 12.7. The number of nitrogens with two attached hydrogens (primary N) is 1. The van der Waals surface area contributed by atoms with Crippen LogP contribution in [0, 0.1) is 18.3 Å². The van der Waals surface area contributed by atoms with Crippen molar-refractivity contribution in [1.29, 1.82) is 0 Å². The van der Waals surface area contributed by atoms with E-state index in [4.69, 9.17) is 16.6 Å². The molecule has 0 amide bonds. The normalized spacial score (nSPS) is 14.3. The van der Waals surface area contributed by atoms with Gasteiger partial charge in [-0.15, -0.1) is 12.3 Å². The molecule has 94 valence electrons. The summed E-state index contributed by atoms with van der Waals surface area (Å²) in [6.45, 7) is 2.15. The zero-order valence-corrected chi connectivity index (χ0v) is 10.7. The molecule has 18 heavy (non-hydrogen) atoms. The Morgan fingerprint density at radius 3 is 2.83 bits per heavy atom.